The first-order chi connectivity index (χ1) is 9.28. The number of hydrogen-bond donors (Lipinski definition) is 0. The second-order valence-electron chi connectivity index (χ2n) is 4.07. The van der Waals surface area contributed by atoms with Gasteiger partial charge < -0.3 is 4.74 Å². The molecule has 0 saturated carbocycles. The van der Waals surface area contributed by atoms with Gasteiger partial charge in [0.05, 0.1) is 12.3 Å². The molecular formula is C13H15BrFN3O. The summed E-state index contributed by atoms with van der Waals surface area (Å²) in [5, 5.41) is 8.97. The van der Waals surface area contributed by atoms with Crippen LogP contribution in [0.3, 0.4) is 0 Å². The molecule has 0 atom stereocenters. The maximum atomic E-state index is 12.7. The number of aromatic nitrogens is 3. The van der Waals surface area contributed by atoms with E-state index in [0.717, 1.165) is 30.4 Å². The number of nitrogens with zero attached hydrogens (tertiary/aromatic N) is 3. The van der Waals surface area contributed by atoms with Gasteiger partial charge in [-0.05, 0) is 24.3 Å². The lowest BCUT2D eigenvalue weighted by atomic mass is 10.3. The fourth-order valence-corrected chi connectivity index (χ4v) is 2.01. The number of alkyl halides is 1. The Balaban J connectivity index is 1.69. The summed E-state index contributed by atoms with van der Waals surface area (Å²) in [6, 6.07) is 6.02. The summed E-state index contributed by atoms with van der Waals surface area (Å²) in [4.78, 5) is 0. The molecule has 0 aliphatic rings. The van der Waals surface area contributed by atoms with Crippen molar-refractivity contribution in [3.05, 3.63) is 42.0 Å². The third kappa shape index (κ3) is 4.63. The highest BCUT2D eigenvalue weighted by atomic mass is 79.9. The van der Waals surface area contributed by atoms with E-state index in [4.69, 9.17) is 4.74 Å². The molecule has 1 aromatic heterocycles. The van der Waals surface area contributed by atoms with Crippen molar-refractivity contribution >= 4 is 15.9 Å². The highest BCUT2D eigenvalue weighted by Gasteiger charge is 2.00. The molecule has 0 aliphatic heterocycles. The fourth-order valence-electron chi connectivity index (χ4n) is 1.61. The SMILES string of the molecule is Fc1ccc(OCCCn2cc(CCBr)nn2)cc1. The first-order valence-electron chi connectivity index (χ1n) is 6.11. The number of rotatable bonds is 7. The zero-order chi connectivity index (χ0) is 13.5. The third-order valence-electron chi connectivity index (χ3n) is 2.55. The molecule has 0 N–H and O–H groups in total. The van der Waals surface area contributed by atoms with Crippen molar-refractivity contribution in [1.82, 2.24) is 15.0 Å². The van der Waals surface area contributed by atoms with Crippen molar-refractivity contribution in [2.45, 2.75) is 19.4 Å². The van der Waals surface area contributed by atoms with Crippen molar-refractivity contribution in [1.29, 1.82) is 0 Å². The lowest BCUT2D eigenvalue weighted by molar-refractivity contribution is 0.297. The Morgan fingerprint density at radius 3 is 2.79 bits per heavy atom. The molecular weight excluding hydrogens is 313 g/mol. The van der Waals surface area contributed by atoms with Crippen molar-refractivity contribution in [3.8, 4) is 5.75 Å². The molecule has 0 aliphatic carbocycles. The van der Waals surface area contributed by atoms with Crippen molar-refractivity contribution in [2.75, 3.05) is 11.9 Å². The number of aryl methyl sites for hydroxylation is 2. The standard InChI is InChI=1S/C13H15BrFN3O/c14-7-6-12-10-18(17-16-12)8-1-9-19-13-4-2-11(15)3-5-13/h2-5,10H,1,6-9H2. The zero-order valence-corrected chi connectivity index (χ0v) is 12.0. The van der Waals surface area contributed by atoms with Gasteiger partial charge in [0.15, 0.2) is 0 Å². The van der Waals surface area contributed by atoms with Crippen LogP contribution in [0.2, 0.25) is 0 Å². The third-order valence-corrected chi connectivity index (χ3v) is 2.95. The van der Waals surface area contributed by atoms with Gasteiger partial charge in [-0.3, -0.25) is 4.68 Å². The van der Waals surface area contributed by atoms with Crippen LogP contribution in [-0.2, 0) is 13.0 Å². The van der Waals surface area contributed by atoms with E-state index in [9.17, 15) is 4.39 Å². The quantitative estimate of drug-likeness (QED) is 0.580. The number of ether oxygens (including phenoxy) is 1. The van der Waals surface area contributed by atoms with Crippen LogP contribution < -0.4 is 4.74 Å². The largest absolute Gasteiger partial charge is 0.494 e. The first-order valence-corrected chi connectivity index (χ1v) is 7.23. The van der Waals surface area contributed by atoms with Crippen LogP contribution in [-0.4, -0.2) is 26.9 Å². The molecule has 2 rings (SSSR count). The minimum absolute atomic E-state index is 0.255. The van der Waals surface area contributed by atoms with E-state index in [1.165, 1.54) is 12.1 Å². The van der Waals surface area contributed by atoms with Gasteiger partial charge in [-0.15, -0.1) is 5.10 Å². The van der Waals surface area contributed by atoms with Crippen molar-refractivity contribution in [3.63, 3.8) is 0 Å². The minimum Gasteiger partial charge on any atom is -0.494 e. The van der Waals surface area contributed by atoms with E-state index >= 15 is 0 Å². The summed E-state index contributed by atoms with van der Waals surface area (Å²) in [6.45, 7) is 1.33. The summed E-state index contributed by atoms with van der Waals surface area (Å²) < 4.78 is 20.0. The van der Waals surface area contributed by atoms with Gasteiger partial charge in [0.2, 0.25) is 0 Å². The van der Waals surface area contributed by atoms with Crippen LogP contribution in [0.5, 0.6) is 5.75 Å². The number of benzene rings is 1. The second kappa shape index (κ2) is 7.23. The van der Waals surface area contributed by atoms with Gasteiger partial charge in [0.25, 0.3) is 0 Å². The van der Waals surface area contributed by atoms with E-state index in [1.54, 1.807) is 12.1 Å². The average Bonchev–Trinajstić information content (AvgIpc) is 2.85. The Morgan fingerprint density at radius 1 is 1.26 bits per heavy atom. The summed E-state index contributed by atoms with van der Waals surface area (Å²) in [6.07, 6.45) is 3.65. The molecule has 102 valence electrons. The van der Waals surface area contributed by atoms with Gasteiger partial charge in [-0.1, -0.05) is 21.1 Å². The predicted molar refractivity (Wildman–Crippen MR) is 74.0 cm³/mol. The highest BCUT2D eigenvalue weighted by Crippen LogP contribution is 2.11. The molecule has 0 unspecified atom stereocenters. The summed E-state index contributed by atoms with van der Waals surface area (Å²) in [5.74, 6) is 0.425. The van der Waals surface area contributed by atoms with Crippen LogP contribution in [0.15, 0.2) is 30.5 Å². The normalized spacial score (nSPS) is 10.6. The molecule has 2 aromatic rings. The van der Waals surface area contributed by atoms with Crippen LogP contribution in [0.4, 0.5) is 4.39 Å². The van der Waals surface area contributed by atoms with Crippen LogP contribution in [0, 0.1) is 5.82 Å². The molecule has 0 bridgehead atoms. The minimum atomic E-state index is -0.255. The molecule has 0 amide bonds. The van der Waals surface area contributed by atoms with E-state index in [2.05, 4.69) is 26.2 Å². The molecule has 0 saturated heterocycles. The molecule has 6 heteroatoms. The topological polar surface area (TPSA) is 39.9 Å². The van der Waals surface area contributed by atoms with E-state index in [1.807, 2.05) is 10.9 Å². The van der Waals surface area contributed by atoms with Gasteiger partial charge in [-0.25, -0.2) is 4.39 Å². The number of hydrogen-bond acceptors (Lipinski definition) is 3. The Bertz CT molecular complexity index is 501. The van der Waals surface area contributed by atoms with E-state index < -0.39 is 0 Å². The Morgan fingerprint density at radius 2 is 2.05 bits per heavy atom. The van der Waals surface area contributed by atoms with Gasteiger partial charge in [-0.2, -0.15) is 0 Å². The Kier molecular flexibility index (Phi) is 5.32. The summed E-state index contributed by atoms with van der Waals surface area (Å²) >= 11 is 3.37. The molecule has 0 fully saturated rings. The zero-order valence-electron chi connectivity index (χ0n) is 10.4. The molecule has 1 aromatic carbocycles. The van der Waals surface area contributed by atoms with Gasteiger partial charge >= 0.3 is 0 Å². The smallest absolute Gasteiger partial charge is 0.123 e. The van der Waals surface area contributed by atoms with Crippen LogP contribution >= 0.6 is 15.9 Å². The highest BCUT2D eigenvalue weighted by molar-refractivity contribution is 9.09. The summed E-state index contributed by atoms with van der Waals surface area (Å²) in [7, 11) is 0. The predicted octanol–water partition coefficient (Wildman–Crippen LogP) is 2.82. The Labute approximate surface area is 119 Å². The van der Waals surface area contributed by atoms with Gasteiger partial charge in [0, 0.05) is 30.9 Å². The first kappa shape index (κ1) is 14.0. The maximum Gasteiger partial charge on any atom is 0.123 e. The van der Waals surface area contributed by atoms with E-state index in [-0.39, 0.29) is 5.82 Å². The van der Waals surface area contributed by atoms with Crippen LogP contribution in [0.25, 0.3) is 0 Å². The van der Waals surface area contributed by atoms with Crippen molar-refractivity contribution < 1.29 is 9.13 Å². The molecule has 0 radical (unpaired) electrons. The Hall–Kier alpha value is -1.43. The second-order valence-corrected chi connectivity index (χ2v) is 4.86. The van der Waals surface area contributed by atoms with Gasteiger partial charge in [0.1, 0.15) is 11.6 Å². The number of halogens is 2. The fraction of sp³-hybridized carbons (Fsp3) is 0.385. The van der Waals surface area contributed by atoms with E-state index in [0.29, 0.717) is 12.4 Å². The summed E-state index contributed by atoms with van der Waals surface area (Å²) in [5.41, 5.74) is 0.983. The molecule has 1 heterocycles. The lowest BCUT2D eigenvalue weighted by Crippen LogP contribution is -2.05. The monoisotopic (exact) mass is 327 g/mol. The average molecular weight is 328 g/mol. The molecule has 19 heavy (non-hydrogen) atoms. The molecule has 0 spiro atoms. The maximum absolute atomic E-state index is 12.7. The lowest BCUT2D eigenvalue weighted by Gasteiger charge is -2.05. The molecule has 4 nitrogen and oxygen atoms in total. The van der Waals surface area contributed by atoms with Crippen molar-refractivity contribution in [2.24, 2.45) is 0 Å². The van der Waals surface area contributed by atoms with Crippen LogP contribution in [0.1, 0.15) is 12.1 Å².